The van der Waals surface area contributed by atoms with E-state index in [0.29, 0.717) is 0 Å². The molecule has 0 amide bonds. The zero-order valence-electron chi connectivity index (χ0n) is 18.4. The highest BCUT2D eigenvalue weighted by molar-refractivity contribution is 5.65. The topological polar surface area (TPSA) is 61.0 Å². The molecule has 7 nitrogen and oxygen atoms in total. The van der Waals surface area contributed by atoms with E-state index in [2.05, 4.69) is 31.6 Å². The molecule has 2 aromatic carbocycles. The fourth-order valence-electron chi connectivity index (χ4n) is 4.30. The second-order valence-electron chi connectivity index (χ2n) is 8.06. The Labute approximate surface area is 186 Å². The number of aryl methyl sites for hydroxylation is 1. The molecule has 5 rings (SSSR count). The van der Waals surface area contributed by atoms with Crippen LogP contribution in [0, 0.1) is 12.7 Å². The molecule has 4 aromatic rings. The molecule has 32 heavy (non-hydrogen) atoms. The number of rotatable bonds is 5. The number of ether oxygens (including phenoxy) is 1. The Morgan fingerprint density at radius 2 is 1.88 bits per heavy atom. The molecule has 1 atom stereocenters. The van der Waals surface area contributed by atoms with Gasteiger partial charge in [-0.1, -0.05) is 12.1 Å². The molecule has 164 valence electrons. The number of nitrogens with zero attached hydrogens (tertiary/aromatic N) is 6. The van der Waals surface area contributed by atoms with Crippen LogP contribution in [-0.2, 0) is 6.54 Å². The van der Waals surface area contributed by atoms with Crippen LogP contribution >= 0.6 is 0 Å². The Balaban J connectivity index is 1.49. The van der Waals surface area contributed by atoms with Gasteiger partial charge >= 0.3 is 0 Å². The first-order valence-electron chi connectivity index (χ1n) is 10.7. The van der Waals surface area contributed by atoms with Crippen molar-refractivity contribution in [3.63, 3.8) is 0 Å². The van der Waals surface area contributed by atoms with E-state index in [1.807, 2.05) is 48.0 Å². The second kappa shape index (κ2) is 8.11. The summed E-state index contributed by atoms with van der Waals surface area (Å²) in [4.78, 5) is 6.54. The summed E-state index contributed by atoms with van der Waals surface area (Å²) in [5.41, 5.74) is 3.85. The van der Waals surface area contributed by atoms with Crippen molar-refractivity contribution in [3.05, 3.63) is 72.1 Å². The van der Waals surface area contributed by atoms with Gasteiger partial charge in [-0.15, -0.1) is 10.2 Å². The SMILES string of the molecule is COc1cc(-c2nnc3n2CCCN3[C@@H](C)c2ccc(F)cc2)ccc1-n1cnc(C)c1. The summed E-state index contributed by atoms with van der Waals surface area (Å²) < 4.78 is 23.1. The normalized spacial score (nSPS) is 14.3. The maximum Gasteiger partial charge on any atom is 0.228 e. The first kappa shape index (κ1) is 20.2. The van der Waals surface area contributed by atoms with Crippen molar-refractivity contribution < 1.29 is 9.13 Å². The highest BCUT2D eigenvalue weighted by atomic mass is 19.1. The van der Waals surface area contributed by atoms with Gasteiger partial charge in [0.2, 0.25) is 5.95 Å². The van der Waals surface area contributed by atoms with E-state index < -0.39 is 0 Å². The largest absolute Gasteiger partial charge is 0.495 e. The number of imidazole rings is 1. The Kier molecular flexibility index (Phi) is 5.13. The lowest BCUT2D eigenvalue weighted by atomic mass is 10.1. The number of aromatic nitrogens is 5. The molecule has 1 aliphatic heterocycles. The predicted octanol–water partition coefficient (Wildman–Crippen LogP) is 4.56. The van der Waals surface area contributed by atoms with E-state index in [1.165, 1.54) is 12.1 Å². The fourth-order valence-corrected chi connectivity index (χ4v) is 4.30. The van der Waals surface area contributed by atoms with Crippen LogP contribution in [0.4, 0.5) is 10.3 Å². The van der Waals surface area contributed by atoms with E-state index in [-0.39, 0.29) is 11.9 Å². The number of hydrogen-bond acceptors (Lipinski definition) is 5. The molecule has 0 bridgehead atoms. The van der Waals surface area contributed by atoms with Gasteiger partial charge in [-0.05, 0) is 56.2 Å². The molecule has 2 aromatic heterocycles. The summed E-state index contributed by atoms with van der Waals surface area (Å²) in [5.74, 6) is 2.15. The third-order valence-electron chi connectivity index (χ3n) is 6.02. The van der Waals surface area contributed by atoms with E-state index in [9.17, 15) is 4.39 Å². The molecule has 8 heteroatoms. The maximum absolute atomic E-state index is 13.4. The molecule has 0 aliphatic carbocycles. The lowest BCUT2D eigenvalue weighted by Gasteiger charge is -2.34. The van der Waals surface area contributed by atoms with Crippen LogP contribution in [0.25, 0.3) is 17.1 Å². The average Bonchev–Trinajstić information content (AvgIpc) is 3.45. The number of benzene rings is 2. The molecule has 0 saturated carbocycles. The summed E-state index contributed by atoms with van der Waals surface area (Å²) in [5, 5.41) is 9.05. The zero-order chi connectivity index (χ0) is 22.2. The maximum atomic E-state index is 13.4. The average molecular weight is 433 g/mol. The smallest absolute Gasteiger partial charge is 0.228 e. The third-order valence-corrected chi connectivity index (χ3v) is 6.02. The minimum absolute atomic E-state index is 0.0630. The van der Waals surface area contributed by atoms with Crippen molar-refractivity contribution in [2.45, 2.75) is 32.9 Å². The second-order valence-corrected chi connectivity index (χ2v) is 8.06. The van der Waals surface area contributed by atoms with Gasteiger partial charge in [-0.25, -0.2) is 9.37 Å². The lowest BCUT2D eigenvalue weighted by molar-refractivity contribution is 0.413. The van der Waals surface area contributed by atoms with Crippen LogP contribution in [0.1, 0.15) is 30.6 Å². The van der Waals surface area contributed by atoms with Crippen LogP contribution in [0.2, 0.25) is 0 Å². The summed E-state index contributed by atoms with van der Waals surface area (Å²) in [7, 11) is 1.66. The lowest BCUT2D eigenvalue weighted by Crippen LogP contribution is -2.34. The van der Waals surface area contributed by atoms with Crippen LogP contribution in [0.15, 0.2) is 55.0 Å². The van der Waals surface area contributed by atoms with Crippen molar-refractivity contribution in [2.75, 3.05) is 18.6 Å². The Morgan fingerprint density at radius 3 is 2.59 bits per heavy atom. The summed E-state index contributed by atoms with van der Waals surface area (Å²) in [6.07, 6.45) is 4.72. The molecule has 0 N–H and O–H groups in total. The number of anilines is 1. The molecule has 0 fully saturated rings. The standard InChI is InChI=1S/C24H25FN6O/c1-16-14-29(15-26-16)21-10-7-19(13-22(21)32-3)23-27-28-24-30(11-4-12-31(23)24)17(2)18-5-8-20(25)9-6-18/h5-10,13-15,17H,4,11-12H2,1-3H3/t17-/m0/s1. The van der Waals surface area contributed by atoms with E-state index >= 15 is 0 Å². The summed E-state index contributed by atoms with van der Waals surface area (Å²) in [6, 6.07) is 12.8. The van der Waals surface area contributed by atoms with Crippen LogP contribution in [0.3, 0.4) is 0 Å². The van der Waals surface area contributed by atoms with Crippen molar-refractivity contribution in [1.82, 2.24) is 24.3 Å². The Hall–Kier alpha value is -3.68. The van der Waals surface area contributed by atoms with Gasteiger partial charge in [0, 0.05) is 24.8 Å². The molecule has 0 radical (unpaired) electrons. The highest BCUT2D eigenvalue weighted by Gasteiger charge is 2.27. The van der Waals surface area contributed by atoms with Crippen molar-refractivity contribution in [1.29, 1.82) is 0 Å². The Bertz CT molecular complexity index is 1250. The molecular formula is C24H25FN6O. The van der Waals surface area contributed by atoms with Gasteiger partial charge in [-0.2, -0.15) is 0 Å². The summed E-state index contributed by atoms with van der Waals surface area (Å²) >= 11 is 0. The summed E-state index contributed by atoms with van der Waals surface area (Å²) in [6.45, 7) is 5.79. The van der Waals surface area contributed by atoms with Gasteiger partial charge in [0.05, 0.1) is 30.9 Å². The van der Waals surface area contributed by atoms with Gasteiger partial charge in [-0.3, -0.25) is 4.57 Å². The quantitative estimate of drug-likeness (QED) is 0.463. The van der Waals surface area contributed by atoms with Gasteiger partial charge in [0.25, 0.3) is 0 Å². The highest BCUT2D eigenvalue weighted by Crippen LogP contribution is 2.34. The van der Waals surface area contributed by atoms with E-state index in [1.54, 1.807) is 13.4 Å². The minimum atomic E-state index is -0.228. The number of hydrogen-bond donors (Lipinski definition) is 0. The van der Waals surface area contributed by atoms with Crippen LogP contribution in [-0.4, -0.2) is 38.0 Å². The third kappa shape index (κ3) is 3.51. The van der Waals surface area contributed by atoms with E-state index in [0.717, 1.165) is 59.5 Å². The van der Waals surface area contributed by atoms with Crippen LogP contribution < -0.4 is 9.64 Å². The first-order valence-corrected chi connectivity index (χ1v) is 10.7. The number of halogens is 1. The molecule has 1 aliphatic rings. The molecule has 0 unspecified atom stereocenters. The molecular weight excluding hydrogens is 407 g/mol. The zero-order valence-corrected chi connectivity index (χ0v) is 18.4. The fraction of sp³-hybridized carbons (Fsp3) is 0.292. The predicted molar refractivity (Wildman–Crippen MR) is 121 cm³/mol. The van der Waals surface area contributed by atoms with Gasteiger partial charge in [0.1, 0.15) is 11.6 Å². The van der Waals surface area contributed by atoms with Crippen molar-refractivity contribution in [2.24, 2.45) is 0 Å². The van der Waals surface area contributed by atoms with Crippen molar-refractivity contribution >= 4 is 5.95 Å². The molecule has 0 spiro atoms. The minimum Gasteiger partial charge on any atom is -0.495 e. The first-order chi connectivity index (χ1) is 15.5. The van der Waals surface area contributed by atoms with E-state index in [4.69, 9.17) is 4.74 Å². The number of methoxy groups -OCH3 is 1. The van der Waals surface area contributed by atoms with Crippen molar-refractivity contribution in [3.8, 4) is 22.8 Å². The molecule has 3 heterocycles. The van der Waals surface area contributed by atoms with Gasteiger partial charge in [0.15, 0.2) is 5.82 Å². The number of fused-ring (bicyclic) bond motifs is 1. The van der Waals surface area contributed by atoms with Crippen LogP contribution in [0.5, 0.6) is 5.75 Å². The van der Waals surface area contributed by atoms with Gasteiger partial charge < -0.3 is 14.2 Å². The monoisotopic (exact) mass is 432 g/mol. The molecule has 0 saturated heterocycles. The Morgan fingerprint density at radius 1 is 1.06 bits per heavy atom.